The van der Waals surface area contributed by atoms with Crippen molar-refractivity contribution < 1.29 is 17.6 Å². The molecule has 1 amide bonds. The van der Waals surface area contributed by atoms with Gasteiger partial charge in [0.2, 0.25) is 15.9 Å². The number of nitrogens with one attached hydrogen (secondary N) is 1. The van der Waals surface area contributed by atoms with Crippen LogP contribution in [0.1, 0.15) is 19.3 Å². The van der Waals surface area contributed by atoms with Gasteiger partial charge in [-0.25, -0.2) is 12.8 Å². The van der Waals surface area contributed by atoms with Crippen LogP contribution in [0, 0.1) is 5.82 Å². The van der Waals surface area contributed by atoms with Crippen molar-refractivity contribution in [1.82, 2.24) is 8.87 Å². The van der Waals surface area contributed by atoms with Crippen LogP contribution in [0.15, 0.2) is 52.3 Å². The third kappa shape index (κ3) is 4.25. The summed E-state index contributed by atoms with van der Waals surface area (Å²) >= 11 is 0. The average Bonchev–Trinajstić information content (AvgIpc) is 2.66. The summed E-state index contributed by atoms with van der Waals surface area (Å²) in [6.07, 6.45) is 3.80. The number of hydrogen-bond donors (Lipinski definition) is 1. The number of rotatable bonds is 5. The maximum absolute atomic E-state index is 13.6. The maximum atomic E-state index is 13.6. The monoisotopic (exact) mass is 393 g/mol. The standard InChI is InChI=1S/C18H20FN3O4S/c19-14-7-2-3-8-15(14)20-17(23)13-21-10-6-9-16(18(21)24)27(25,26)22-11-4-1-5-12-22/h2-3,6-10H,1,4-5,11-13H2,(H,20,23). The van der Waals surface area contributed by atoms with Gasteiger partial charge in [-0.2, -0.15) is 4.31 Å². The van der Waals surface area contributed by atoms with Crippen molar-refractivity contribution in [1.29, 1.82) is 0 Å². The van der Waals surface area contributed by atoms with Crippen molar-refractivity contribution in [3.8, 4) is 0 Å². The van der Waals surface area contributed by atoms with Crippen LogP contribution >= 0.6 is 0 Å². The van der Waals surface area contributed by atoms with Crippen molar-refractivity contribution in [3.05, 3.63) is 58.8 Å². The molecule has 27 heavy (non-hydrogen) atoms. The summed E-state index contributed by atoms with van der Waals surface area (Å²) < 4.78 is 41.4. The summed E-state index contributed by atoms with van der Waals surface area (Å²) in [7, 11) is -3.91. The van der Waals surface area contributed by atoms with Gasteiger partial charge in [0.1, 0.15) is 17.3 Å². The number of amides is 1. The zero-order chi connectivity index (χ0) is 19.4. The number of aromatic nitrogens is 1. The second-order valence-electron chi connectivity index (χ2n) is 6.30. The highest BCUT2D eigenvalue weighted by atomic mass is 32.2. The average molecular weight is 393 g/mol. The molecule has 1 N–H and O–H groups in total. The van der Waals surface area contributed by atoms with Crippen molar-refractivity contribution in [3.63, 3.8) is 0 Å². The van der Waals surface area contributed by atoms with Gasteiger partial charge in [0.25, 0.3) is 5.56 Å². The zero-order valence-electron chi connectivity index (χ0n) is 14.6. The number of piperidine rings is 1. The fourth-order valence-corrected chi connectivity index (χ4v) is 4.59. The zero-order valence-corrected chi connectivity index (χ0v) is 15.4. The van der Waals surface area contributed by atoms with Crippen LogP contribution in [0.5, 0.6) is 0 Å². The number of benzene rings is 1. The Balaban J connectivity index is 1.82. The van der Waals surface area contributed by atoms with Gasteiger partial charge in [0.05, 0.1) is 5.69 Å². The highest BCUT2D eigenvalue weighted by molar-refractivity contribution is 7.89. The Hall–Kier alpha value is -2.52. The molecule has 1 fully saturated rings. The van der Waals surface area contributed by atoms with Crippen LogP contribution in [0.4, 0.5) is 10.1 Å². The van der Waals surface area contributed by atoms with Gasteiger partial charge >= 0.3 is 0 Å². The molecular weight excluding hydrogens is 373 g/mol. The molecule has 0 spiro atoms. The number of para-hydroxylation sites is 1. The fraction of sp³-hybridized carbons (Fsp3) is 0.333. The molecule has 0 radical (unpaired) electrons. The summed E-state index contributed by atoms with van der Waals surface area (Å²) in [5.74, 6) is -1.23. The Kier molecular flexibility index (Phi) is 5.71. The molecule has 2 heterocycles. The number of anilines is 1. The number of halogens is 1. The predicted molar refractivity (Wildman–Crippen MR) is 98.3 cm³/mol. The SMILES string of the molecule is O=C(Cn1cccc(S(=O)(=O)N2CCCCC2)c1=O)Nc1ccccc1F. The molecule has 1 aromatic carbocycles. The van der Waals surface area contributed by atoms with E-state index in [0.29, 0.717) is 13.1 Å². The molecule has 0 atom stereocenters. The van der Waals surface area contributed by atoms with Crippen LogP contribution in [-0.4, -0.2) is 36.3 Å². The first kappa shape index (κ1) is 19.2. The van der Waals surface area contributed by atoms with E-state index in [4.69, 9.17) is 0 Å². The lowest BCUT2D eigenvalue weighted by molar-refractivity contribution is -0.116. The second kappa shape index (κ2) is 8.01. The van der Waals surface area contributed by atoms with Crippen LogP contribution in [0.3, 0.4) is 0 Å². The first-order valence-corrected chi connectivity index (χ1v) is 10.1. The van der Waals surface area contributed by atoms with E-state index in [9.17, 15) is 22.4 Å². The van der Waals surface area contributed by atoms with E-state index in [1.807, 2.05) is 0 Å². The lowest BCUT2D eigenvalue weighted by Gasteiger charge is -2.25. The number of sulfonamides is 1. The van der Waals surface area contributed by atoms with Crippen LogP contribution in [0.25, 0.3) is 0 Å². The number of nitrogens with zero attached hydrogens (tertiary/aromatic N) is 2. The predicted octanol–water partition coefficient (Wildman–Crippen LogP) is 1.80. The summed E-state index contributed by atoms with van der Waals surface area (Å²) in [4.78, 5) is 24.4. The Morgan fingerprint density at radius 1 is 1.07 bits per heavy atom. The molecule has 1 aliphatic heterocycles. The maximum Gasteiger partial charge on any atom is 0.271 e. The first-order chi connectivity index (χ1) is 12.9. The number of pyridine rings is 1. The molecule has 1 aliphatic rings. The summed E-state index contributed by atoms with van der Waals surface area (Å²) in [6, 6.07) is 8.31. The fourth-order valence-electron chi connectivity index (χ4n) is 2.99. The Bertz CT molecular complexity index is 998. The minimum atomic E-state index is -3.91. The summed E-state index contributed by atoms with van der Waals surface area (Å²) in [5.41, 5.74) is -0.778. The van der Waals surface area contributed by atoms with Crippen molar-refractivity contribution in [2.45, 2.75) is 30.7 Å². The van der Waals surface area contributed by atoms with E-state index in [2.05, 4.69) is 5.32 Å². The summed E-state index contributed by atoms with van der Waals surface area (Å²) in [5, 5.41) is 2.37. The molecule has 9 heteroatoms. The third-order valence-corrected chi connectivity index (χ3v) is 6.29. The van der Waals surface area contributed by atoms with Crippen molar-refractivity contribution in [2.75, 3.05) is 18.4 Å². The first-order valence-electron chi connectivity index (χ1n) is 8.63. The minimum Gasteiger partial charge on any atom is -0.322 e. The molecule has 3 rings (SSSR count). The van der Waals surface area contributed by atoms with Crippen molar-refractivity contribution >= 4 is 21.6 Å². The largest absolute Gasteiger partial charge is 0.322 e. The van der Waals surface area contributed by atoms with E-state index in [1.165, 1.54) is 40.8 Å². The lowest BCUT2D eigenvalue weighted by Crippen LogP contribution is -2.39. The number of carbonyl (C=O) groups is 1. The molecule has 2 aromatic rings. The summed E-state index contributed by atoms with van der Waals surface area (Å²) in [6.45, 7) is 0.339. The molecule has 144 valence electrons. The van der Waals surface area contributed by atoms with E-state index in [1.54, 1.807) is 6.07 Å². The molecule has 0 saturated carbocycles. The normalized spacial score (nSPS) is 15.4. The van der Waals surface area contributed by atoms with Gasteiger partial charge in [-0.05, 0) is 37.1 Å². The highest BCUT2D eigenvalue weighted by Gasteiger charge is 2.29. The van der Waals surface area contributed by atoms with Crippen LogP contribution in [0.2, 0.25) is 0 Å². The Morgan fingerprint density at radius 2 is 1.78 bits per heavy atom. The van der Waals surface area contributed by atoms with Gasteiger partial charge in [0.15, 0.2) is 0 Å². The van der Waals surface area contributed by atoms with Gasteiger partial charge in [-0.15, -0.1) is 0 Å². The third-order valence-electron chi connectivity index (χ3n) is 4.38. The number of carbonyl (C=O) groups excluding carboxylic acids is 1. The van der Waals surface area contributed by atoms with Gasteiger partial charge in [0, 0.05) is 19.3 Å². The van der Waals surface area contributed by atoms with Gasteiger partial charge in [-0.3, -0.25) is 9.59 Å². The molecular formula is C18H20FN3O4S. The molecule has 1 saturated heterocycles. The van der Waals surface area contributed by atoms with Crippen molar-refractivity contribution in [2.24, 2.45) is 0 Å². The van der Waals surface area contributed by atoms with Crippen LogP contribution in [-0.2, 0) is 21.4 Å². The topological polar surface area (TPSA) is 88.5 Å². The molecule has 0 bridgehead atoms. The van der Waals surface area contributed by atoms with Gasteiger partial charge < -0.3 is 9.88 Å². The Labute approximate surface area is 156 Å². The quantitative estimate of drug-likeness (QED) is 0.839. The lowest BCUT2D eigenvalue weighted by atomic mass is 10.2. The van der Waals surface area contributed by atoms with E-state index >= 15 is 0 Å². The second-order valence-corrected chi connectivity index (χ2v) is 8.20. The van der Waals surface area contributed by atoms with E-state index < -0.39 is 33.9 Å². The van der Waals surface area contributed by atoms with Gasteiger partial charge in [-0.1, -0.05) is 18.6 Å². The smallest absolute Gasteiger partial charge is 0.271 e. The highest BCUT2D eigenvalue weighted by Crippen LogP contribution is 2.18. The molecule has 0 aliphatic carbocycles. The van der Waals surface area contributed by atoms with E-state index in [0.717, 1.165) is 23.8 Å². The molecule has 0 unspecified atom stereocenters. The molecule has 7 nitrogen and oxygen atoms in total. The Morgan fingerprint density at radius 3 is 2.48 bits per heavy atom. The van der Waals surface area contributed by atoms with Crippen LogP contribution < -0.4 is 10.9 Å². The number of hydrogen-bond acceptors (Lipinski definition) is 4. The van der Waals surface area contributed by atoms with E-state index in [-0.39, 0.29) is 10.6 Å². The molecule has 1 aromatic heterocycles. The minimum absolute atomic E-state index is 0.00681.